The van der Waals surface area contributed by atoms with Crippen molar-refractivity contribution in [2.45, 2.75) is 0 Å². The van der Waals surface area contributed by atoms with Gasteiger partial charge in [0.15, 0.2) is 0 Å². The van der Waals surface area contributed by atoms with E-state index in [1.165, 1.54) is 47.8 Å². The van der Waals surface area contributed by atoms with Crippen molar-refractivity contribution in [2.24, 2.45) is 0 Å². The van der Waals surface area contributed by atoms with Gasteiger partial charge in [0.05, 0.1) is 0 Å². The number of hydrogen-bond donors (Lipinski definition) is 4. The van der Waals surface area contributed by atoms with Crippen molar-refractivity contribution >= 4 is 31.4 Å². The summed E-state index contributed by atoms with van der Waals surface area (Å²) in [5.74, 6) is 0. The van der Waals surface area contributed by atoms with E-state index in [2.05, 4.69) is 21.3 Å². The zero-order chi connectivity index (χ0) is 22.8. The van der Waals surface area contributed by atoms with Crippen LogP contribution in [0, 0.1) is 0 Å². The van der Waals surface area contributed by atoms with Crippen LogP contribution in [0.1, 0.15) is 1.43 Å². The first-order valence-corrected chi connectivity index (χ1v) is 12.0. The second kappa shape index (κ2) is 12.2. The molecule has 0 atom stereocenters. The van der Waals surface area contributed by atoms with Gasteiger partial charge in [-0.15, -0.1) is 0 Å². The summed E-state index contributed by atoms with van der Waals surface area (Å²) < 4.78 is 0. The van der Waals surface area contributed by atoms with Crippen LogP contribution in [0.25, 0.3) is 0 Å². The number of nitrogens with zero attached hydrogens (tertiary/aromatic N) is 4. The normalized spacial score (nSPS) is 11.0. The minimum Gasteiger partial charge on any atom is 1.00 e. The van der Waals surface area contributed by atoms with Gasteiger partial charge in [-0.3, -0.25) is 0 Å². The predicted molar refractivity (Wildman–Crippen MR) is 118 cm³/mol. The Kier molecular flexibility index (Phi) is 11.1. The van der Waals surface area contributed by atoms with Gasteiger partial charge in [0, 0.05) is 0 Å². The van der Waals surface area contributed by atoms with Crippen LogP contribution in [0.4, 0.5) is 19.2 Å². The summed E-state index contributed by atoms with van der Waals surface area (Å²) in [4.78, 5) is 54.8. The Morgan fingerprint density at radius 2 is 0.724 bits per heavy atom. The van der Waals surface area contributed by atoms with E-state index in [0.717, 1.165) is 0 Å². The predicted octanol–water partition coefficient (Wildman–Crippen LogP) is -0.236. The molecule has 0 aromatic carbocycles. The molecular weight excluding hydrogens is 399 g/mol. The fourth-order valence-electron chi connectivity index (χ4n) is 3.36. The Morgan fingerprint density at radius 1 is 0.552 bits per heavy atom. The van der Waals surface area contributed by atoms with Gasteiger partial charge in [0.2, 0.25) is 0 Å². The minimum atomic E-state index is -2.70. The molecule has 0 fully saturated rings. The smallest absolute Gasteiger partial charge is 1.00 e. The number of hydrogen-bond acceptors (Lipinski definition) is 4. The minimum absolute atomic E-state index is 0. The third kappa shape index (κ3) is 8.18. The Balaban J connectivity index is 0. The van der Waals surface area contributed by atoms with Gasteiger partial charge < -0.3 is 0 Å². The van der Waals surface area contributed by atoms with E-state index < -0.39 is 7.26 Å². The van der Waals surface area contributed by atoms with Crippen LogP contribution in [-0.2, 0) is 0 Å². The fraction of sp³-hybridized carbons (Fsp3) is 0.750. The Bertz CT molecular complexity index is 496. The van der Waals surface area contributed by atoms with Crippen molar-refractivity contribution in [3.8, 4) is 0 Å². The van der Waals surface area contributed by atoms with Crippen molar-refractivity contribution in [3.05, 3.63) is 0 Å². The molecule has 0 saturated carbocycles. The topological polar surface area (TPSA) is 129 Å². The van der Waals surface area contributed by atoms with E-state index in [4.69, 9.17) is 0 Å². The molecule has 12 nitrogen and oxygen atoms in total. The van der Waals surface area contributed by atoms with Crippen molar-refractivity contribution in [2.75, 3.05) is 81.5 Å². The second-order valence-corrected chi connectivity index (χ2v) is 11.4. The molecule has 170 valence electrons. The molecule has 0 unspecified atom stereocenters. The zero-order valence-electron chi connectivity index (χ0n) is 19.8. The summed E-state index contributed by atoms with van der Waals surface area (Å²) in [6.07, 6.45) is 1.32. The van der Waals surface area contributed by atoms with Gasteiger partial charge in [-0.25, -0.2) is 0 Å². The largest absolute Gasteiger partial charge is 1.00 e. The number of carbonyl (C=O) groups is 4. The molecule has 0 spiro atoms. The first-order chi connectivity index (χ1) is 13.5. The Labute approximate surface area is 175 Å². The molecule has 4 N–H and O–H groups in total. The van der Waals surface area contributed by atoms with Crippen molar-refractivity contribution in [1.29, 1.82) is 0 Å². The van der Waals surface area contributed by atoms with Gasteiger partial charge >= 0.3 is 174 Å². The SMILES string of the molecule is CNC(=O)N(C)C[PH](CN(C)C(=O)NC)(CN(C)C(=O)NC)CN(C)C(=O)NC.[H+]. The van der Waals surface area contributed by atoms with Crippen LogP contribution in [0.5, 0.6) is 0 Å². The molecule has 0 aliphatic heterocycles. The maximum absolute atomic E-state index is 12.2. The first-order valence-electron chi connectivity index (χ1n) is 9.18. The molecule has 29 heavy (non-hydrogen) atoms. The molecule has 0 aliphatic rings. The third-order valence-electron chi connectivity index (χ3n) is 4.53. The quantitative estimate of drug-likeness (QED) is 0.391. The van der Waals surface area contributed by atoms with E-state index in [9.17, 15) is 19.2 Å². The number of amides is 8. The third-order valence-corrected chi connectivity index (χ3v) is 9.11. The summed E-state index contributed by atoms with van der Waals surface area (Å²) in [6.45, 7) is 0. The molecule has 8 amide bonds. The van der Waals surface area contributed by atoms with Crippen molar-refractivity contribution in [1.82, 2.24) is 40.9 Å². The molecule has 0 rings (SSSR count). The van der Waals surface area contributed by atoms with Gasteiger partial charge in [0.25, 0.3) is 0 Å². The summed E-state index contributed by atoms with van der Waals surface area (Å²) in [6, 6.07) is -1.13. The average Bonchev–Trinajstić information content (AvgIpc) is 2.70. The van der Waals surface area contributed by atoms with Crippen molar-refractivity contribution < 1.29 is 20.6 Å². The van der Waals surface area contributed by atoms with E-state index in [1.54, 1.807) is 28.2 Å². The second-order valence-electron chi connectivity index (χ2n) is 7.14. The standard InChI is InChI=1S/C16H37N8O4P/c1-17-13(25)21(5)9-29(10-22(6)14(26)18-2,11-23(7)15(27)19-3)12-24(8)16(28)20-4/h29H,9-12H2,1-8H3,(H,17,25)(H,18,26)(H,19,27)(H,20,28)/p+1. The van der Waals surface area contributed by atoms with E-state index >= 15 is 0 Å². The molecule has 0 heterocycles. The molecule has 0 aromatic heterocycles. The van der Waals surface area contributed by atoms with Crippen molar-refractivity contribution in [3.63, 3.8) is 0 Å². The van der Waals surface area contributed by atoms with E-state index in [1.807, 2.05) is 0 Å². The summed E-state index contributed by atoms with van der Waals surface area (Å²) in [7, 11) is 10.0. The van der Waals surface area contributed by atoms with Gasteiger partial charge in [-0.2, -0.15) is 0 Å². The van der Waals surface area contributed by atoms with Crippen LogP contribution in [0.3, 0.4) is 0 Å². The van der Waals surface area contributed by atoms with Gasteiger partial charge in [0.1, 0.15) is 0 Å². The van der Waals surface area contributed by atoms with Crippen LogP contribution >= 0.6 is 7.26 Å². The molecule has 0 aliphatic carbocycles. The molecule has 0 radical (unpaired) electrons. The van der Waals surface area contributed by atoms with Crippen LogP contribution in [-0.4, -0.2) is 125 Å². The van der Waals surface area contributed by atoms with Crippen LogP contribution in [0.15, 0.2) is 0 Å². The Hall–Kier alpha value is -2.49. The summed E-state index contributed by atoms with van der Waals surface area (Å²) in [5.41, 5.74) is 0. The molecule has 0 aromatic rings. The van der Waals surface area contributed by atoms with Gasteiger partial charge in [-0.05, 0) is 0 Å². The number of nitrogens with one attached hydrogen (secondary N) is 4. The fourth-order valence-corrected chi connectivity index (χ4v) is 8.56. The van der Waals surface area contributed by atoms with Gasteiger partial charge in [-0.1, -0.05) is 0 Å². The maximum atomic E-state index is 12.2. The monoisotopic (exact) mass is 437 g/mol. The van der Waals surface area contributed by atoms with E-state index in [0.29, 0.717) is 25.1 Å². The molecule has 0 saturated heterocycles. The molecular formula is C16H38N8O4P+. The average molecular weight is 438 g/mol. The van der Waals surface area contributed by atoms with Crippen LogP contribution < -0.4 is 21.3 Å². The summed E-state index contributed by atoms with van der Waals surface area (Å²) >= 11 is 0. The molecule has 0 bridgehead atoms. The molecule has 13 heteroatoms. The number of rotatable bonds is 8. The Morgan fingerprint density at radius 3 is 0.862 bits per heavy atom. The first kappa shape index (κ1) is 26.5. The summed E-state index contributed by atoms with van der Waals surface area (Å²) in [5, 5.41) is 10.3. The maximum Gasteiger partial charge on any atom is 1.00 e. The van der Waals surface area contributed by atoms with E-state index in [-0.39, 0.29) is 25.6 Å². The zero-order valence-corrected chi connectivity index (χ0v) is 19.8. The number of urea groups is 4. The van der Waals surface area contributed by atoms with Crippen LogP contribution in [0.2, 0.25) is 0 Å². The number of carbonyl (C=O) groups excluding carboxylic acids is 4.